The molecule has 2 rings (SSSR count). The number of benzene rings is 2. The van der Waals surface area contributed by atoms with Gasteiger partial charge in [-0.1, -0.05) is 63.8 Å². The van der Waals surface area contributed by atoms with Gasteiger partial charge in [-0.15, -0.1) is 0 Å². The second-order valence-corrected chi connectivity index (χ2v) is 6.53. The van der Waals surface area contributed by atoms with Gasteiger partial charge in [0.25, 0.3) is 0 Å². The Morgan fingerprint density at radius 2 is 1.00 bits per heavy atom. The summed E-state index contributed by atoms with van der Waals surface area (Å²) in [4.78, 5) is 0. The van der Waals surface area contributed by atoms with Crippen LogP contribution >= 0.6 is 0 Å². The number of rotatable bonds is 8. The van der Waals surface area contributed by atoms with Crippen molar-refractivity contribution in [1.29, 1.82) is 0 Å². The molecule has 0 fully saturated rings. The van der Waals surface area contributed by atoms with E-state index in [0.717, 1.165) is 24.2 Å². The molecule has 0 aliphatic carbocycles. The highest BCUT2D eigenvalue weighted by atomic mass is 14.5. The number of hydrogen-bond acceptors (Lipinski definition) is 2. The lowest BCUT2D eigenvalue weighted by Gasteiger charge is -2.36. The maximum Gasteiger partial charge on any atom is 0.0314 e. The van der Waals surface area contributed by atoms with Crippen molar-refractivity contribution >= 4 is 11.4 Å². The van der Waals surface area contributed by atoms with E-state index in [0.29, 0.717) is 0 Å². The van der Waals surface area contributed by atoms with Gasteiger partial charge in [0.05, 0.1) is 0 Å². The van der Waals surface area contributed by atoms with Gasteiger partial charge in [0.2, 0.25) is 0 Å². The largest absolute Gasteiger partial charge is 0.399 e. The number of nitrogens with two attached hydrogens (primary N) is 2. The zero-order chi connectivity index (χ0) is 16.7. The van der Waals surface area contributed by atoms with E-state index >= 15 is 0 Å². The van der Waals surface area contributed by atoms with E-state index in [9.17, 15) is 0 Å². The summed E-state index contributed by atoms with van der Waals surface area (Å²) in [6.07, 6.45) is 7.18. The molecule has 0 spiro atoms. The van der Waals surface area contributed by atoms with Gasteiger partial charge in [-0.25, -0.2) is 0 Å². The van der Waals surface area contributed by atoms with E-state index in [1.54, 1.807) is 0 Å². The number of anilines is 2. The SMILES string of the molecule is CCCCC(CCCC)(c1ccc(N)cc1)c1ccc(N)cc1. The van der Waals surface area contributed by atoms with E-state index in [1.807, 2.05) is 24.3 Å². The maximum absolute atomic E-state index is 5.91. The van der Waals surface area contributed by atoms with Crippen molar-refractivity contribution in [2.24, 2.45) is 0 Å². The molecule has 0 heterocycles. The fraction of sp³-hybridized carbons (Fsp3) is 0.429. The van der Waals surface area contributed by atoms with Crippen LogP contribution in [0.5, 0.6) is 0 Å². The Hall–Kier alpha value is -1.96. The third-order valence-electron chi connectivity index (χ3n) is 4.84. The molecule has 23 heavy (non-hydrogen) atoms. The van der Waals surface area contributed by atoms with E-state index in [-0.39, 0.29) is 5.41 Å². The van der Waals surface area contributed by atoms with Crippen LogP contribution in [-0.4, -0.2) is 0 Å². The third-order valence-corrected chi connectivity index (χ3v) is 4.84. The van der Waals surface area contributed by atoms with Crippen molar-refractivity contribution in [3.8, 4) is 0 Å². The molecular weight excluding hydrogens is 280 g/mol. The van der Waals surface area contributed by atoms with Crippen molar-refractivity contribution in [2.45, 2.75) is 57.8 Å². The molecule has 0 aliphatic heterocycles. The summed E-state index contributed by atoms with van der Waals surface area (Å²) in [6.45, 7) is 4.52. The van der Waals surface area contributed by atoms with Crippen molar-refractivity contribution in [2.75, 3.05) is 11.5 Å². The molecule has 2 aromatic rings. The van der Waals surface area contributed by atoms with Crippen LogP contribution in [0.1, 0.15) is 63.5 Å². The molecule has 124 valence electrons. The highest BCUT2D eigenvalue weighted by Gasteiger charge is 2.32. The minimum Gasteiger partial charge on any atom is -0.399 e. The fourth-order valence-corrected chi connectivity index (χ4v) is 3.43. The predicted octanol–water partition coefficient (Wildman–Crippen LogP) is 5.52. The summed E-state index contributed by atoms with van der Waals surface area (Å²) in [7, 11) is 0. The molecule has 0 radical (unpaired) electrons. The Kier molecular flexibility index (Phi) is 6.09. The predicted molar refractivity (Wildman–Crippen MR) is 102 cm³/mol. The number of unbranched alkanes of at least 4 members (excludes halogenated alkanes) is 2. The Balaban J connectivity index is 2.52. The summed E-state index contributed by atoms with van der Waals surface area (Å²) in [5.74, 6) is 0. The topological polar surface area (TPSA) is 52.0 Å². The Morgan fingerprint density at radius 3 is 1.30 bits per heavy atom. The first-order valence-electron chi connectivity index (χ1n) is 8.84. The fourth-order valence-electron chi connectivity index (χ4n) is 3.43. The zero-order valence-corrected chi connectivity index (χ0v) is 14.5. The summed E-state index contributed by atoms with van der Waals surface area (Å²) < 4.78 is 0. The van der Waals surface area contributed by atoms with Gasteiger partial charge in [0.1, 0.15) is 0 Å². The average Bonchev–Trinajstić information content (AvgIpc) is 2.57. The number of nitrogen functional groups attached to an aromatic ring is 2. The molecule has 0 saturated carbocycles. The van der Waals surface area contributed by atoms with E-state index in [4.69, 9.17) is 11.5 Å². The highest BCUT2D eigenvalue weighted by Crippen LogP contribution is 2.42. The Bertz CT molecular complexity index is 529. The van der Waals surface area contributed by atoms with Crippen LogP contribution in [0.25, 0.3) is 0 Å². The molecule has 2 nitrogen and oxygen atoms in total. The van der Waals surface area contributed by atoms with Gasteiger partial charge in [-0.05, 0) is 48.2 Å². The quantitative estimate of drug-likeness (QED) is 0.631. The van der Waals surface area contributed by atoms with Crippen molar-refractivity contribution < 1.29 is 0 Å². The average molecular weight is 310 g/mol. The summed E-state index contributed by atoms with van der Waals surface area (Å²) in [5, 5.41) is 0. The standard InChI is InChI=1S/C21H30N2/c1-3-5-15-21(16-6-4-2,17-7-11-19(22)12-8-17)18-9-13-20(23)14-10-18/h7-14H,3-6,15-16,22-23H2,1-2H3. The zero-order valence-electron chi connectivity index (χ0n) is 14.5. The molecule has 0 atom stereocenters. The minimum atomic E-state index is 0.0629. The van der Waals surface area contributed by atoms with Crippen molar-refractivity contribution in [3.05, 3.63) is 59.7 Å². The molecule has 2 heteroatoms. The van der Waals surface area contributed by atoms with Gasteiger partial charge in [-0.2, -0.15) is 0 Å². The first kappa shape index (κ1) is 17.4. The smallest absolute Gasteiger partial charge is 0.0314 e. The monoisotopic (exact) mass is 310 g/mol. The van der Waals surface area contributed by atoms with Crippen LogP contribution in [0.3, 0.4) is 0 Å². The van der Waals surface area contributed by atoms with Crippen LogP contribution in [0.4, 0.5) is 11.4 Å². The van der Waals surface area contributed by atoms with E-state index in [1.165, 1.54) is 36.8 Å². The van der Waals surface area contributed by atoms with Crippen LogP contribution in [0.15, 0.2) is 48.5 Å². The van der Waals surface area contributed by atoms with Gasteiger partial charge >= 0.3 is 0 Å². The molecule has 0 amide bonds. The van der Waals surface area contributed by atoms with Gasteiger partial charge in [0.15, 0.2) is 0 Å². The molecule has 2 aromatic carbocycles. The third kappa shape index (κ3) is 4.07. The van der Waals surface area contributed by atoms with Gasteiger partial charge in [0, 0.05) is 16.8 Å². The molecule has 0 unspecified atom stereocenters. The van der Waals surface area contributed by atoms with Crippen molar-refractivity contribution in [1.82, 2.24) is 0 Å². The molecule has 0 aliphatic rings. The lowest BCUT2D eigenvalue weighted by molar-refractivity contribution is 0.406. The molecule has 0 aromatic heterocycles. The lowest BCUT2D eigenvalue weighted by atomic mass is 9.68. The maximum atomic E-state index is 5.91. The van der Waals surface area contributed by atoms with Crippen LogP contribution < -0.4 is 11.5 Å². The van der Waals surface area contributed by atoms with Gasteiger partial charge in [-0.3, -0.25) is 0 Å². The van der Waals surface area contributed by atoms with Gasteiger partial charge < -0.3 is 11.5 Å². The van der Waals surface area contributed by atoms with Crippen LogP contribution in [0.2, 0.25) is 0 Å². The first-order valence-corrected chi connectivity index (χ1v) is 8.84. The minimum absolute atomic E-state index is 0.0629. The van der Waals surface area contributed by atoms with E-state index in [2.05, 4.69) is 38.1 Å². The molecule has 0 saturated heterocycles. The second kappa shape index (κ2) is 8.05. The lowest BCUT2D eigenvalue weighted by Crippen LogP contribution is -2.28. The summed E-state index contributed by atoms with van der Waals surface area (Å²) >= 11 is 0. The molecule has 4 N–H and O–H groups in total. The molecule has 0 bridgehead atoms. The van der Waals surface area contributed by atoms with Crippen molar-refractivity contribution in [3.63, 3.8) is 0 Å². The first-order chi connectivity index (χ1) is 11.1. The second-order valence-electron chi connectivity index (χ2n) is 6.53. The Morgan fingerprint density at radius 1 is 0.652 bits per heavy atom. The Labute approximate surface area is 140 Å². The number of hydrogen-bond donors (Lipinski definition) is 2. The summed E-state index contributed by atoms with van der Waals surface area (Å²) in [5.41, 5.74) is 16.3. The van der Waals surface area contributed by atoms with Crippen LogP contribution in [0, 0.1) is 0 Å². The van der Waals surface area contributed by atoms with Crippen LogP contribution in [-0.2, 0) is 5.41 Å². The highest BCUT2D eigenvalue weighted by molar-refractivity contribution is 5.48. The molecular formula is C21H30N2. The van der Waals surface area contributed by atoms with E-state index < -0.39 is 0 Å². The normalized spacial score (nSPS) is 11.6. The summed E-state index contributed by atoms with van der Waals surface area (Å²) in [6, 6.07) is 16.9.